The van der Waals surface area contributed by atoms with Gasteiger partial charge in [-0.05, 0) is 18.6 Å². The van der Waals surface area contributed by atoms with E-state index >= 15 is 0 Å². The molecule has 1 atom stereocenters. The van der Waals surface area contributed by atoms with Gasteiger partial charge in [0.05, 0.1) is 0 Å². The molecule has 4 nitrogen and oxygen atoms in total. The first-order chi connectivity index (χ1) is 6.74. The number of nitrogens with two attached hydrogens (primary N) is 1. The molecule has 1 aromatic rings. The highest BCUT2D eigenvalue weighted by Gasteiger charge is 2.12. The van der Waals surface area contributed by atoms with Crippen LogP contribution in [-0.4, -0.2) is 22.6 Å². The lowest BCUT2D eigenvalue weighted by Crippen LogP contribution is -2.15. The fourth-order valence-corrected chi connectivity index (χ4v) is 1.30. The van der Waals surface area contributed by atoms with Gasteiger partial charge in [0.15, 0.2) is 0 Å². The molecule has 0 aromatic carbocycles. The van der Waals surface area contributed by atoms with Crippen molar-refractivity contribution in [2.75, 3.05) is 6.54 Å². The van der Waals surface area contributed by atoms with Crippen molar-refractivity contribution < 1.29 is 9.90 Å². The van der Waals surface area contributed by atoms with Crippen molar-refractivity contribution >= 4 is 5.97 Å². The van der Waals surface area contributed by atoms with Crippen molar-refractivity contribution in [1.29, 1.82) is 0 Å². The van der Waals surface area contributed by atoms with Crippen molar-refractivity contribution in [1.82, 2.24) is 4.98 Å². The van der Waals surface area contributed by atoms with Crippen LogP contribution in [0.3, 0.4) is 0 Å². The first kappa shape index (κ1) is 10.7. The van der Waals surface area contributed by atoms with Crippen LogP contribution in [0.15, 0.2) is 24.4 Å². The highest BCUT2D eigenvalue weighted by molar-refractivity contribution is 5.66. The Kier molecular flexibility index (Phi) is 4.07. The quantitative estimate of drug-likeness (QED) is 0.732. The maximum Gasteiger partial charge on any atom is 0.303 e. The topological polar surface area (TPSA) is 76.2 Å². The Morgan fingerprint density at radius 3 is 2.86 bits per heavy atom. The Labute approximate surface area is 82.8 Å². The molecule has 1 aromatic heterocycles. The predicted octanol–water partition coefficient (Wildman–Crippen LogP) is 0.989. The third-order valence-electron chi connectivity index (χ3n) is 2.10. The van der Waals surface area contributed by atoms with Gasteiger partial charge in [0, 0.05) is 30.8 Å². The summed E-state index contributed by atoms with van der Waals surface area (Å²) in [5.74, 6) is -0.744. The predicted molar refractivity (Wildman–Crippen MR) is 52.9 cm³/mol. The largest absolute Gasteiger partial charge is 0.481 e. The number of nitrogens with zero attached hydrogens (tertiary/aromatic N) is 1. The van der Waals surface area contributed by atoms with Gasteiger partial charge in [-0.25, -0.2) is 0 Å². The minimum Gasteiger partial charge on any atom is -0.481 e. The zero-order valence-electron chi connectivity index (χ0n) is 7.89. The summed E-state index contributed by atoms with van der Waals surface area (Å²) in [4.78, 5) is 14.5. The van der Waals surface area contributed by atoms with Crippen LogP contribution in [0.5, 0.6) is 0 Å². The van der Waals surface area contributed by atoms with E-state index in [1.54, 1.807) is 6.20 Å². The molecule has 1 heterocycles. The maximum absolute atomic E-state index is 10.4. The van der Waals surface area contributed by atoms with E-state index < -0.39 is 5.97 Å². The molecule has 14 heavy (non-hydrogen) atoms. The Balaban J connectivity index is 2.58. The number of carboxylic acid groups (broad SMARTS) is 1. The Morgan fingerprint density at radius 1 is 1.57 bits per heavy atom. The summed E-state index contributed by atoms with van der Waals surface area (Å²) < 4.78 is 0. The average Bonchev–Trinajstić information content (AvgIpc) is 2.20. The standard InChI is InChI=1S/C10H14N2O2/c11-7-8(4-5-10(13)14)9-3-1-2-6-12-9/h1-3,6,8H,4-5,7,11H2,(H,13,14). The first-order valence-electron chi connectivity index (χ1n) is 4.57. The average molecular weight is 194 g/mol. The van der Waals surface area contributed by atoms with E-state index in [4.69, 9.17) is 10.8 Å². The lowest BCUT2D eigenvalue weighted by atomic mass is 9.99. The molecule has 1 rings (SSSR count). The van der Waals surface area contributed by atoms with E-state index in [0.29, 0.717) is 13.0 Å². The number of carboxylic acids is 1. The molecule has 1 unspecified atom stereocenters. The van der Waals surface area contributed by atoms with E-state index in [0.717, 1.165) is 5.69 Å². The van der Waals surface area contributed by atoms with Crippen LogP contribution in [0, 0.1) is 0 Å². The van der Waals surface area contributed by atoms with Gasteiger partial charge in [-0.2, -0.15) is 0 Å². The van der Waals surface area contributed by atoms with Crippen LogP contribution in [0.25, 0.3) is 0 Å². The second kappa shape index (κ2) is 5.34. The van der Waals surface area contributed by atoms with Crippen LogP contribution in [0.2, 0.25) is 0 Å². The summed E-state index contributed by atoms with van der Waals surface area (Å²) in [7, 11) is 0. The number of pyridine rings is 1. The van der Waals surface area contributed by atoms with Crippen LogP contribution >= 0.6 is 0 Å². The van der Waals surface area contributed by atoms with E-state index in [-0.39, 0.29) is 12.3 Å². The van der Waals surface area contributed by atoms with Crippen molar-refractivity contribution in [2.45, 2.75) is 18.8 Å². The Hall–Kier alpha value is -1.42. The highest BCUT2D eigenvalue weighted by atomic mass is 16.4. The zero-order valence-corrected chi connectivity index (χ0v) is 7.89. The van der Waals surface area contributed by atoms with Crippen LogP contribution in [-0.2, 0) is 4.79 Å². The van der Waals surface area contributed by atoms with Gasteiger partial charge in [0.25, 0.3) is 0 Å². The number of hydrogen-bond acceptors (Lipinski definition) is 3. The van der Waals surface area contributed by atoms with Crippen LogP contribution in [0.4, 0.5) is 0 Å². The summed E-state index contributed by atoms with van der Waals surface area (Å²) >= 11 is 0. The SMILES string of the molecule is NCC(CCC(=O)O)c1ccccn1. The van der Waals surface area contributed by atoms with E-state index in [9.17, 15) is 4.79 Å². The van der Waals surface area contributed by atoms with Crippen molar-refractivity contribution in [3.8, 4) is 0 Å². The second-order valence-electron chi connectivity index (χ2n) is 3.12. The molecule has 0 amide bonds. The number of carbonyl (C=O) groups is 1. The number of hydrogen-bond donors (Lipinski definition) is 2. The molecule has 0 aliphatic rings. The molecular weight excluding hydrogens is 180 g/mol. The molecule has 0 spiro atoms. The monoisotopic (exact) mass is 194 g/mol. The lowest BCUT2D eigenvalue weighted by molar-refractivity contribution is -0.137. The summed E-state index contributed by atoms with van der Waals surface area (Å²) in [6.07, 6.45) is 2.38. The molecule has 3 N–H and O–H groups in total. The number of aliphatic carboxylic acids is 1. The van der Waals surface area contributed by atoms with E-state index in [2.05, 4.69) is 4.98 Å². The van der Waals surface area contributed by atoms with Gasteiger partial charge in [0.1, 0.15) is 0 Å². The summed E-state index contributed by atoms with van der Waals surface area (Å²) in [5.41, 5.74) is 6.43. The molecular formula is C10H14N2O2. The lowest BCUT2D eigenvalue weighted by Gasteiger charge is -2.12. The fraction of sp³-hybridized carbons (Fsp3) is 0.400. The molecule has 0 bridgehead atoms. The molecule has 0 radical (unpaired) electrons. The smallest absolute Gasteiger partial charge is 0.303 e. The maximum atomic E-state index is 10.4. The summed E-state index contributed by atoms with van der Waals surface area (Å²) in [6, 6.07) is 5.58. The zero-order chi connectivity index (χ0) is 10.4. The van der Waals surface area contributed by atoms with Crippen molar-refractivity contribution in [3.05, 3.63) is 30.1 Å². The van der Waals surface area contributed by atoms with Gasteiger partial charge in [0.2, 0.25) is 0 Å². The number of aromatic nitrogens is 1. The molecule has 0 saturated carbocycles. The second-order valence-corrected chi connectivity index (χ2v) is 3.12. The van der Waals surface area contributed by atoms with Gasteiger partial charge >= 0.3 is 5.97 Å². The molecule has 0 fully saturated rings. The molecule has 0 saturated heterocycles. The van der Waals surface area contributed by atoms with Gasteiger partial charge in [-0.15, -0.1) is 0 Å². The third kappa shape index (κ3) is 3.14. The summed E-state index contributed by atoms with van der Waals surface area (Å²) in [5, 5.41) is 8.54. The van der Waals surface area contributed by atoms with E-state index in [1.807, 2.05) is 18.2 Å². The Bertz CT molecular complexity index is 287. The normalized spacial score (nSPS) is 12.4. The van der Waals surface area contributed by atoms with Crippen molar-refractivity contribution in [3.63, 3.8) is 0 Å². The third-order valence-corrected chi connectivity index (χ3v) is 2.10. The number of rotatable bonds is 5. The fourth-order valence-electron chi connectivity index (χ4n) is 1.30. The van der Waals surface area contributed by atoms with Crippen molar-refractivity contribution in [2.24, 2.45) is 5.73 Å². The summed E-state index contributed by atoms with van der Waals surface area (Å²) in [6.45, 7) is 0.435. The highest BCUT2D eigenvalue weighted by Crippen LogP contribution is 2.17. The first-order valence-corrected chi connectivity index (χ1v) is 4.57. The minimum atomic E-state index is -0.792. The Morgan fingerprint density at radius 2 is 2.36 bits per heavy atom. The van der Waals surface area contributed by atoms with Gasteiger partial charge < -0.3 is 10.8 Å². The van der Waals surface area contributed by atoms with Gasteiger partial charge in [-0.1, -0.05) is 6.07 Å². The molecule has 4 heteroatoms. The van der Waals surface area contributed by atoms with Crippen LogP contribution in [0.1, 0.15) is 24.5 Å². The minimum absolute atomic E-state index is 0.0484. The molecule has 0 aliphatic carbocycles. The van der Waals surface area contributed by atoms with Crippen LogP contribution < -0.4 is 5.73 Å². The molecule has 76 valence electrons. The van der Waals surface area contributed by atoms with E-state index in [1.165, 1.54) is 0 Å². The molecule has 0 aliphatic heterocycles. The van der Waals surface area contributed by atoms with Gasteiger partial charge in [-0.3, -0.25) is 9.78 Å².